The van der Waals surface area contributed by atoms with Crippen molar-refractivity contribution in [3.63, 3.8) is 0 Å². The van der Waals surface area contributed by atoms with Crippen LogP contribution in [-0.4, -0.2) is 30.5 Å². The number of amides is 1. The van der Waals surface area contributed by atoms with E-state index in [0.29, 0.717) is 6.54 Å². The Labute approximate surface area is 93.8 Å². The Morgan fingerprint density at radius 3 is 2.69 bits per heavy atom. The number of hydrogen-bond donors (Lipinski definition) is 1. The van der Waals surface area contributed by atoms with Gasteiger partial charge in [0.1, 0.15) is 11.4 Å². The van der Waals surface area contributed by atoms with Gasteiger partial charge in [-0.2, -0.15) is 0 Å². The van der Waals surface area contributed by atoms with E-state index in [1.165, 1.54) is 13.2 Å². The second-order valence-corrected chi connectivity index (χ2v) is 3.16. The molecule has 1 aromatic heterocycles. The van der Waals surface area contributed by atoms with E-state index in [9.17, 15) is 9.59 Å². The van der Waals surface area contributed by atoms with Crippen molar-refractivity contribution in [3.8, 4) is 0 Å². The van der Waals surface area contributed by atoms with Gasteiger partial charge >= 0.3 is 5.97 Å². The zero-order valence-electron chi connectivity index (χ0n) is 9.32. The fourth-order valence-electron chi connectivity index (χ4n) is 1.11. The minimum absolute atomic E-state index is 0.131. The Morgan fingerprint density at radius 2 is 2.06 bits per heavy atom. The fraction of sp³-hybridized carbons (Fsp3) is 0.364. The van der Waals surface area contributed by atoms with Crippen molar-refractivity contribution in [1.82, 2.24) is 10.3 Å². The molecule has 0 unspecified atom stereocenters. The highest BCUT2D eigenvalue weighted by Crippen LogP contribution is 2.01. The third-order valence-corrected chi connectivity index (χ3v) is 1.91. The maximum Gasteiger partial charge on any atom is 0.356 e. The first-order valence-electron chi connectivity index (χ1n) is 5.02. The van der Waals surface area contributed by atoms with Gasteiger partial charge in [0, 0.05) is 6.54 Å². The average Bonchev–Trinajstić information content (AvgIpc) is 2.35. The molecule has 86 valence electrons. The lowest BCUT2D eigenvalue weighted by atomic mass is 10.3. The molecule has 1 aromatic rings. The molecule has 0 aliphatic carbocycles. The van der Waals surface area contributed by atoms with Gasteiger partial charge in [0.2, 0.25) is 0 Å². The van der Waals surface area contributed by atoms with Crippen LogP contribution in [0.5, 0.6) is 0 Å². The van der Waals surface area contributed by atoms with Crippen LogP contribution in [0, 0.1) is 0 Å². The molecule has 1 heterocycles. The second-order valence-electron chi connectivity index (χ2n) is 3.16. The lowest BCUT2D eigenvalue weighted by Gasteiger charge is -2.04. The molecule has 0 atom stereocenters. The summed E-state index contributed by atoms with van der Waals surface area (Å²) in [5, 5.41) is 2.68. The van der Waals surface area contributed by atoms with E-state index in [1.807, 2.05) is 6.92 Å². The molecule has 0 saturated carbocycles. The lowest BCUT2D eigenvalue weighted by Crippen LogP contribution is -2.25. The molecule has 5 nitrogen and oxygen atoms in total. The van der Waals surface area contributed by atoms with Gasteiger partial charge in [-0.1, -0.05) is 13.0 Å². The predicted molar refractivity (Wildman–Crippen MR) is 58.2 cm³/mol. The largest absolute Gasteiger partial charge is 0.464 e. The van der Waals surface area contributed by atoms with Crippen LogP contribution in [0.4, 0.5) is 0 Å². The molecule has 0 aliphatic rings. The number of ether oxygens (including phenoxy) is 1. The van der Waals surface area contributed by atoms with Gasteiger partial charge in [-0.05, 0) is 18.6 Å². The highest BCUT2D eigenvalue weighted by atomic mass is 16.5. The summed E-state index contributed by atoms with van der Waals surface area (Å²) < 4.78 is 4.52. The topological polar surface area (TPSA) is 68.3 Å². The van der Waals surface area contributed by atoms with Gasteiger partial charge in [-0.3, -0.25) is 4.79 Å². The number of nitrogens with zero attached hydrogens (tertiary/aromatic N) is 1. The molecular formula is C11H14N2O3. The van der Waals surface area contributed by atoms with E-state index in [2.05, 4.69) is 15.0 Å². The van der Waals surface area contributed by atoms with Gasteiger partial charge in [-0.25, -0.2) is 9.78 Å². The Morgan fingerprint density at radius 1 is 1.38 bits per heavy atom. The second kappa shape index (κ2) is 5.85. The lowest BCUT2D eigenvalue weighted by molar-refractivity contribution is 0.0594. The van der Waals surface area contributed by atoms with Crippen LogP contribution in [0.2, 0.25) is 0 Å². The van der Waals surface area contributed by atoms with Gasteiger partial charge in [0.15, 0.2) is 0 Å². The minimum Gasteiger partial charge on any atom is -0.464 e. The molecule has 0 aliphatic heterocycles. The molecule has 0 saturated heterocycles. The van der Waals surface area contributed by atoms with Crippen molar-refractivity contribution in [2.75, 3.05) is 13.7 Å². The predicted octanol–water partition coefficient (Wildman–Crippen LogP) is 1.01. The molecule has 1 rings (SSSR count). The molecule has 0 spiro atoms. The van der Waals surface area contributed by atoms with Crippen LogP contribution in [-0.2, 0) is 4.74 Å². The Bertz CT molecular complexity index is 391. The Kier molecular flexibility index (Phi) is 4.44. The van der Waals surface area contributed by atoms with E-state index in [1.54, 1.807) is 12.1 Å². The van der Waals surface area contributed by atoms with E-state index >= 15 is 0 Å². The van der Waals surface area contributed by atoms with Crippen LogP contribution in [0.15, 0.2) is 18.2 Å². The summed E-state index contributed by atoms with van der Waals surface area (Å²) in [5.41, 5.74) is 0.350. The quantitative estimate of drug-likeness (QED) is 0.772. The number of esters is 1. The van der Waals surface area contributed by atoms with Crippen molar-refractivity contribution < 1.29 is 14.3 Å². The molecule has 0 fully saturated rings. The summed E-state index contributed by atoms with van der Waals surface area (Å²) in [5.74, 6) is -0.835. The fourth-order valence-corrected chi connectivity index (χ4v) is 1.11. The monoisotopic (exact) mass is 222 g/mol. The van der Waals surface area contributed by atoms with Crippen molar-refractivity contribution in [3.05, 3.63) is 29.6 Å². The molecule has 16 heavy (non-hydrogen) atoms. The summed E-state index contributed by atoms with van der Waals surface area (Å²) in [6, 6.07) is 4.65. The number of carbonyl (C=O) groups excluding carboxylic acids is 2. The normalized spacial score (nSPS) is 9.62. The average molecular weight is 222 g/mol. The van der Waals surface area contributed by atoms with Crippen LogP contribution in [0.1, 0.15) is 34.3 Å². The van der Waals surface area contributed by atoms with Gasteiger partial charge in [0.25, 0.3) is 5.91 Å². The highest BCUT2D eigenvalue weighted by Gasteiger charge is 2.11. The molecular weight excluding hydrogens is 208 g/mol. The Hall–Kier alpha value is -1.91. The number of methoxy groups -OCH3 is 1. The third kappa shape index (κ3) is 3.05. The summed E-state index contributed by atoms with van der Waals surface area (Å²) in [6.45, 7) is 2.54. The maximum atomic E-state index is 11.5. The molecule has 1 N–H and O–H groups in total. The first kappa shape index (κ1) is 12.2. The minimum atomic E-state index is -0.551. The molecule has 0 bridgehead atoms. The number of hydrogen-bond acceptors (Lipinski definition) is 4. The van der Waals surface area contributed by atoms with Gasteiger partial charge < -0.3 is 10.1 Å². The van der Waals surface area contributed by atoms with E-state index in [4.69, 9.17) is 0 Å². The molecule has 1 amide bonds. The molecule has 0 aromatic carbocycles. The van der Waals surface area contributed by atoms with Gasteiger partial charge in [0.05, 0.1) is 7.11 Å². The van der Waals surface area contributed by atoms with Crippen LogP contribution < -0.4 is 5.32 Å². The van der Waals surface area contributed by atoms with Crippen LogP contribution in [0.3, 0.4) is 0 Å². The van der Waals surface area contributed by atoms with Crippen molar-refractivity contribution >= 4 is 11.9 Å². The van der Waals surface area contributed by atoms with Crippen LogP contribution >= 0.6 is 0 Å². The smallest absolute Gasteiger partial charge is 0.356 e. The van der Waals surface area contributed by atoms with Crippen LogP contribution in [0.25, 0.3) is 0 Å². The maximum absolute atomic E-state index is 11.5. The standard InChI is InChI=1S/C11H14N2O3/c1-3-7-12-10(14)8-5-4-6-9(13-8)11(15)16-2/h4-6H,3,7H2,1-2H3,(H,12,14). The van der Waals surface area contributed by atoms with E-state index in [-0.39, 0.29) is 17.3 Å². The van der Waals surface area contributed by atoms with Gasteiger partial charge in [-0.15, -0.1) is 0 Å². The van der Waals surface area contributed by atoms with Crippen molar-refractivity contribution in [2.24, 2.45) is 0 Å². The summed E-state index contributed by atoms with van der Waals surface area (Å²) in [4.78, 5) is 26.6. The SMILES string of the molecule is CCCNC(=O)c1cccc(C(=O)OC)n1. The number of rotatable bonds is 4. The summed E-state index contributed by atoms with van der Waals surface area (Å²) >= 11 is 0. The highest BCUT2D eigenvalue weighted by molar-refractivity contribution is 5.94. The van der Waals surface area contributed by atoms with E-state index < -0.39 is 5.97 Å². The van der Waals surface area contributed by atoms with E-state index in [0.717, 1.165) is 6.42 Å². The zero-order valence-corrected chi connectivity index (χ0v) is 9.32. The van der Waals surface area contributed by atoms with Crippen molar-refractivity contribution in [2.45, 2.75) is 13.3 Å². The molecule has 0 radical (unpaired) electrons. The number of pyridine rings is 1. The number of nitrogens with one attached hydrogen (secondary N) is 1. The first-order chi connectivity index (χ1) is 7.69. The number of carbonyl (C=O) groups is 2. The summed E-state index contributed by atoms with van der Waals surface area (Å²) in [6.07, 6.45) is 0.850. The Balaban J connectivity index is 2.81. The third-order valence-electron chi connectivity index (χ3n) is 1.91. The summed E-state index contributed by atoms with van der Waals surface area (Å²) in [7, 11) is 1.27. The van der Waals surface area contributed by atoms with Crippen molar-refractivity contribution in [1.29, 1.82) is 0 Å². The molecule has 5 heteroatoms. The number of aromatic nitrogens is 1. The zero-order chi connectivity index (χ0) is 12.0. The first-order valence-corrected chi connectivity index (χ1v) is 5.02.